The number of nitrogens with one attached hydrogen (secondary N) is 1. The highest BCUT2D eigenvalue weighted by Crippen LogP contribution is 2.29. The van der Waals surface area contributed by atoms with Crippen LogP contribution in [0.3, 0.4) is 0 Å². The van der Waals surface area contributed by atoms with Crippen LogP contribution in [0, 0.1) is 0 Å². The molecule has 4 rings (SSSR count). The zero-order valence-corrected chi connectivity index (χ0v) is 17.9. The van der Waals surface area contributed by atoms with Crippen LogP contribution in [0.25, 0.3) is 0 Å². The van der Waals surface area contributed by atoms with Crippen molar-refractivity contribution in [1.29, 1.82) is 0 Å². The maximum Gasteiger partial charge on any atom is 0.226 e. The molecule has 1 unspecified atom stereocenters. The first-order valence-electron chi connectivity index (χ1n) is 10.7. The van der Waals surface area contributed by atoms with Gasteiger partial charge >= 0.3 is 0 Å². The van der Waals surface area contributed by atoms with Gasteiger partial charge in [-0.3, -0.25) is 4.79 Å². The fourth-order valence-electron chi connectivity index (χ4n) is 4.54. The van der Waals surface area contributed by atoms with E-state index in [4.69, 9.17) is 11.6 Å². The molecule has 0 aromatic heterocycles. The molecule has 2 heterocycles. The van der Waals surface area contributed by atoms with E-state index in [1.807, 2.05) is 24.1 Å². The van der Waals surface area contributed by atoms with Gasteiger partial charge in [0.25, 0.3) is 0 Å². The van der Waals surface area contributed by atoms with Crippen molar-refractivity contribution < 1.29 is 4.79 Å². The van der Waals surface area contributed by atoms with Gasteiger partial charge in [0.15, 0.2) is 0 Å². The second-order valence-electron chi connectivity index (χ2n) is 8.27. The number of nitrogens with zero attached hydrogens (tertiary/aromatic N) is 2. The largest absolute Gasteiger partial charge is 0.370 e. The number of benzene rings is 2. The van der Waals surface area contributed by atoms with Crippen molar-refractivity contribution in [2.45, 2.75) is 37.6 Å². The van der Waals surface area contributed by atoms with Crippen molar-refractivity contribution in [3.05, 3.63) is 64.7 Å². The fourth-order valence-corrected chi connectivity index (χ4v) is 4.66. The number of anilines is 1. The predicted molar refractivity (Wildman–Crippen MR) is 120 cm³/mol. The van der Waals surface area contributed by atoms with E-state index in [1.165, 1.54) is 17.7 Å². The Bertz CT molecular complexity index is 813. The second kappa shape index (κ2) is 9.19. The van der Waals surface area contributed by atoms with E-state index in [0.29, 0.717) is 18.4 Å². The number of carbonyl (C=O) groups is 1. The predicted octanol–water partition coefficient (Wildman–Crippen LogP) is 4.09. The molecule has 0 spiro atoms. The first kappa shape index (κ1) is 20.2. The number of hydrogen-bond acceptors (Lipinski definition) is 3. The molecule has 2 aromatic carbocycles. The second-order valence-corrected chi connectivity index (χ2v) is 8.71. The van der Waals surface area contributed by atoms with Crippen LogP contribution in [0.15, 0.2) is 48.5 Å². The van der Waals surface area contributed by atoms with Crippen LogP contribution < -0.4 is 10.2 Å². The normalized spacial score (nSPS) is 20.3. The Morgan fingerprint density at radius 3 is 2.31 bits per heavy atom. The van der Waals surface area contributed by atoms with E-state index >= 15 is 0 Å². The van der Waals surface area contributed by atoms with Crippen molar-refractivity contribution >= 4 is 23.2 Å². The maximum absolute atomic E-state index is 12.8. The van der Waals surface area contributed by atoms with Gasteiger partial charge in [-0.05, 0) is 67.6 Å². The molecule has 2 aliphatic heterocycles. The molecule has 0 bridgehead atoms. The quantitative estimate of drug-likeness (QED) is 0.804. The van der Waals surface area contributed by atoms with Crippen LogP contribution in [0.2, 0.25) is 5.02 Å². The molecule has 2 fully saturated rings. The lowest BCUT2D eigenvalue weighted by Crippen LogP contribution is -2.38. The molecule has 0 aliphatic carbocycles. The third-order valence-corrected chi connectivity index (χ3v) is 6.69. The van der Waals surface area contributed by atoms with Gasteiger partial charge in [-0.1, -0.05) is 35.9 Å². The monoisotopic (exact) mass is 411 g/mol. The highest BCUT2D eigenvalue weighted by molar-refractivity contribution is 6.30. The van der Waals surface area contributed by atoms with Gasteiger partial charge in [0.1, 0.15) is 0 Å². The van der Waals surface area contributed by atoms with Crippen molar-refractivity contribution in [2.75, 3.05) is 38.1 Å². The van der Waals surface area contributed by atoms with Crippen LogP contribution in [0.4, 0.5) is 5.69 Å². The standard InChI is InChI=1S/C24H30ClN3O/c1-26-22-12-15-28(17-22)23-8-2-18(3-9-23)16-24(29)27-13-10-20(11-14-27)19-4-6-21(25)7-5-19/h2-9,20,22,26H,10-17H2,1H3. The molecule has 1 atom stereocenters. The van der Waals surface area contributed by atoms with Gasteiger partial charge in [-0.2, -0.15) is 0 Å². The number of amides is 1. The van der Waals surface area contributed by atoms with Gasteiger partial charge in [0.05, 0.1) is 6.42 Å². The smallest absolute Gasteiger partial charge is 0.226 e. The molecule has 2 aromatic rings. The van der Waals surface area contributed by atoms with Crippen LogP contribution in [0.1, 0.15) is 36.3 Å². The number of piperidine rings is 1. The molecule has 29 heavy (non-hydrogen) atoms. The summed E-state index contributed by atoms with van der Waals surface area (Å²) in [5.74, 6) is 0.765. The average Bonchev–Trinajstić information content (AvgIpc) is 3.24. The summed E-state index contributed by atoms with van der Waals surface area (Å²) in [5.41, 5.74) is 3.69. The van der Waals surface area contributed by atoms with Gasteiger partial charge in [-0.15, -0.1) is 0 Å². The summed E-state index contributed by atoms with van der Waals surface area (Å²) in [6, 6.07) is 17.3. The first-order chi connectivity index (χ1) is 14.1. The number of likely N-dealkylation sites (tertiary alicyclic amines) is 1. The molecular formula is C24H30ClN3O. The Morgan fingerprint density at radius 2 is 1.69 bits per heavy atom. The molecule has 1 N–H and O–H groups in total. The third kappa shape index (κ3) is 4.93. The first-order valence-corrected chi connectivity index (χ1v) is 11.0. The van der Waals surface area contributed by atoms with Crippen LogP contribution in [0.5, 0.6) is 0 Å². The molecule has 2 aliphatic rings. The maximum atomic E-state index is 12.8. The third-order valence-electron chi connectivity index (χ3n) is 6.44. The number of carbonyl (C=O) groups excluding carboxylic acids is 1. The molecule has 0 saturated carbocycles. The summed E-state index contributed by atoms with van der Waals surface area (Å²) >= 11 is 5.99. The molecule has 4 nitrogen and oxygen atoms in total. The van der Waals surface area contributed by atoms with Crippen LogP contribution >= 0.6 is 11.6 Å². The minimum Gasteiger partial charge on any atom is -0.370 e. The highest BCUT2D eigenvalue weighted by Gasteiger charge is 2.24. The Balaban J connectivity index is 1.28. The highest BCUT2D eigenvalue weighted by atomic mass is 35.5. The average molecular weight is 412 g/mol. The molecule has 2 saturated heterocycles. The minimum atomic E-state index is 0.240. The molecule has 5 heteroatoms. The van der Waals surface area contributed by atoms with Crippen molar-refractivity contribution in [3.8, 4) is 0 Å². The van der Waals surface area contributed by atoms with Crippen molar-refractivity contribution in [1.82, 2.24) is 10.2 Å². The van der Waals surface area contributed by atoms with E-state index in [1.54, 1.807) is 0 Å². The summed E-state index contributed by atoms with van der Waals surface area (Å²) < 4.78 is 0. The van der Waals surface area contributed by atoms with Crippen molar-refractivity contribution in [3.63, 3.8) is 0 Å². The van der Waals surface area contributed by atoms with E-state index < -0.39 is 0 Å². The lowest BCUT2D eigenvalue weighted by atomic mass is 9.89. The molecule has 154 valence electrons. The summed E-state index contributed by atoms with van der Waals surface area (Å²) in [5, 5.41) is 4.13. The Morgan fingerprint density at radius 1 is 1.00 bits per heavy atom. The van der Waals surface area contributed by atoms with Crippen LogP contribution in [-0.2, 0) is 11.2 Å². The zero-order chi connectivity index (χ0) is 20.2. The number of halogens is 1. The number of rotatable bonds is 5. The van der Waals surface area contributed by atoms with Gasteiger partial charge < -0.3 is 15.1 Å². The lowest BCUT2D eigenvalue weighted by Gasteiger charge is -2.32. The molecule has 1 amide bonds. The fraction of sp³-hybridized carbons (Fsp3) is 0.458. The number of hydrogen-bond donors (Lipinski definition) is 1. The summed E-state index contributed by atoms with van der Waals surface area (Å²) in [4.78, 5) is 17.2. The Hall–Kier alpha value is -2.04. The summed E-state index contributed by atoms with van der Waals surface area (Å²) in [7, 11) is 2.03. The van der Waals surface area contributed by atoms with E-state index in [9.17, 15) is 4.79 Å². The van der Waals surface area contributed by atoms with E-state index in [0.717, 1.165) is 49.6 Å². The molecule has 0 radical (unpaired) electrons. The topological polar surface area (TPSA) is 35.6 Å². The van der Waals surface area contributed by atoms with Gasteiger partial charge in [0, 0.05) is 42.9 Å². The Labute approximate surface area is 178 Å². The van der Waals surface area contributed by atoms with Crippen LogP contribution in [-0.4, -0.2) is 50.1 Å². The summed E-state index contributed by atoms with van der Waals surface area (Å²) in [6.45, 7) is 3.82. The van der Waals surface area contributed by atoms with Gasteiger partial charge in [0.2, 0.25) is 5.91 Å². The SMILES string of the molecule is CNC1CCN(c2ccc(CC(=O)N3CCC(c4ccc(Cl)cc4)CC3)cc2)C1. The Kier molecular flexibility index (Phi) is 6.41. The minimum absolute atomic E-state index is 0.240. The molecular weight excluding hydrogens is 382 g/mol. The van der Waals surface area contributed by atoms with Gasteiger partial charge in [-0.25, -0.2) is 0 Å². The zero-order valence-electron chi connectivity index (χ0n) is 17.1. The number of likely N-dealkylation sites (N-methyl/N-ethyl adjacent to an activating group) is 1. The van der Waals surface area contributed by atoms with E-state index in [-0.39, 0.29) is 5.91 Å². The summed E-state index contributed by atoms with van der Waals surface area (Å²) in [6.07, 6.45) is 3.72. The lowest BCUT2D eigenvalue weighted by molar-refractivity contribution is -0.131. The van der Waals surface area contributed by atoms with E-state index in [2.05, 4.69) is 46.6 Å². The van der Waals surface area contributed by atoms with Crippen molar-refractivity contribution in [2.24, 2.45) is 0 Å².